The molecule has 120 valence electrons. The topological polar surface area (TPSA) is 61.7 Å². The van der Waals surface area contributed by atoms with Crippen LogP contribution in [0.15, 0.2) is 47.6 Å². The second kappa shape index (κ2) is 8.56. The first-order valence-corrected chi connectivity index (χ1v) is 7.85. The number of halogens is 2. The number of phenolic OH excluding ortho intramolecular Hbond substituents is 1. The van der Waals surface area contributed by atoms with Crippen LogP contribution in [-0.4, -0.2) is 17.2 Å². The highest BCUT2D eigenvalue weighted by Crippen LogP contribution is 2.29. The number of carbonyl (C=O) groups excluding carboxylic acids is 1. The lowest BCUT2D eigenvalue weighted by Crippen LogP contribution is -2.17. The van der Waals surface area contributed by atoms with Gasteiger partial charge in [-0.1, -0.05) is 53.5 Å². The quantitative estimate of drug-likeness (QED) is 0.606. The summed E-state index contributed by atoms with van der Waals surface area (Å²) in [6.45, 7) is 0. The summed E-state index contributed by atoms with van der Waals surface area (Å²) in [5.41, 5.74) is 3.95. The lowest BCUT2D eigenvalue weighted by Gasteiger charge is -2.03. The number of amides is 1. The zero-order valence-electron chi connectivity index (χ0n) is 12.3. The van der Waals surface area contributed by atoms with Crippen LogP contribution in [0.4, 0.5) is 0 Å². The third-order valence-electron chi connectivity index (χ3n) is 3.16. The van der Waals surface area contributed by atoms with Crippen molar-refractivity contribution in [3.8, 4) is 5.75 Å². The van der Waals surface area contributed by atoms with Crippen molar-refractivity contribution in [3.05, 3.63) is 63.6 Å². The normalized spacial score (nSPS) is 10.9. The van der Waals surface area contributed by atoms with E-state index in [-0.39, 0.29) is 16.7 Å². The minimum Gasteiger partial charge on any atom is -0.506 e. The number of hydrogen-bond acceptors (Lipinski definition) is 3. The number of carbonyl (C=O) groups is 1. The number of rotatable bonds is 6. The first-order valence-electron chi connectivity index (χ1n) is 7.10. The molecule has 0 aliphatic heterocycles. The van der Waals surface area contributed by atoms with E-state index in [0.717, 1.165) is 12.8 Å². The van der Waals surface area contributed by atoms with Crippen LogP contribution < -0.4 is 5.43 Å². The Bertz CT molecular complexity index is 703. The van der Waals surface area contributed by atoms with E-state index in [1.54, 1.807) is 0 Å². The zero-order chi connectivity index (χ0) is 16.7. The van der Waals surface area contributed by atoms with Gasteiger partial charge in [0.15, 0.2) is 0 Å². The summed E-state index contributed by atoms with van der Waals surface area (Å²) in [4.78, 5) is 11.7. The van der Waals surface area contributed by atoms with Crippen LogP contribution in [0.1, 0.15) is 24.0 Å². The second-order valence-electron chi connectivity index (χ2n) is 4.96. The number of aromatic hydroxyl groups is 1. The average Bonchev–Trinajstić information content (AvgIpc) is 2.53. The molecule has 2 aromatic rings. The molecule has 0 unspecified atom stereocenters. The van der Waals surface area contributed by atoms with E-state index >= 15 is 0 Å². The highest BCUT2D eigenvalue weighted by atomic mass is 35.5. The van der Waals surface area contributed by atoms with Gasteiger partial charge in [-0.15, -0.1) is 0 Å². The van der Waals surface area contributed by atoms with E-state index in [0.29, 0.717) is 17.0 Å². The Kier molecular flexibility index (Phi) is 6.44. The molecule has 2 aromatic carbocycles. The van der Waals surface area contributed by atoms with Crippen molar-refractivity contribution in [2.24, 2.45) is 5.10 Å². The van der Waals surface area contributed by atoms with Gasteiger partial charge in [0.1, 0.15) is 5.75 Å². The summed E-state index contributed by atoms with van der Waals surface area (Å²) < 4.78 is 0. The van der Waals surface area contributed by atoms with Gasteiger partial charge in [0.2, 0.25) is 5.91 Å². The SMILES string of the molecule is O=C(CCCc1ccccc1)NN=Cc1cc(Cl)cc(Cl)c1O. The maximum absolute atomic E-state index is 11.7. The molecule has 2 N–H and O–H groups in total. The average molecular weight is 351 g/mol. The standard InChI is InChI=1S/C17H16Cl2N2O2/c18-14-9-13(17(23)15(19)10-14)11-20-21-16(22)8-4-7-12-5-2-1-3-6-12/h1-3,5-6,9-11,23H,4,7-8H2,(H,21,22). The van der Waals surface area contributed by atoms with Gasteiger partial charge in [-0.25, -0.2) is 5.43 Å². The fourth-order valence-corrected chi connectivity index (χ4v) is 2.52. The zero-order valence-corrected chi connectivity index (χ0v) is 13.8. The Morgan fingerprint density at radius 1 is 1.22 bits per heavy atom. The molecule has 1 amide bonds. The Balaban J connectivity index is 1.80. The van der Waals surface area contributed by atoms with Gasteiger partial charge in [-0.3, -0.25) is 4.79 Å². The summed E-state index contributed by atoms with van der Waals surface area (Å²) in [7, 11) is 0. The molecule has 2 rings (SSSR count). The Labute approximate surface area is 144 Å². The minimum absolute atomic E-state index is 0.127. The molecular formula is C17H16Cl2N2O2. The number of nitrogens with one attached hydrogen (secondary N) is 1. The molecule has 0 radical (unpaired) electrons. The second-order valence-corrected chi connectivity index (χ2v) is 5.80. The minimum atomic E-state index is -0.190. The molecule has 0 saturated heterocycles. The van der Waals surface area contributed by atoms with Gasteiger partial charge in [0.05, 0.1) is 11.2 Å². The van der Waals surface area contributed by atoms with Crippen LogP contribution >= 0.6 is 23.2 Å². The predicted molar refractivity (Wildman–Crippen MR) is 93.2 cm³/mol. The summed E-state index contributed by atoms with van der Waals surface area (Å²) in [6, 6.07) is 12.9. The summed E-state index contributed by atoms with van der Waals surface area (Å²) >= 11 is 11.6. The molecule has 0 aliphatic carbocycles. The van der Waals surface area contributed by atoms with Crippen LogP contribution in [-0.2, 0) is 11.2 Å². The fourth-order valence-electron chi connectivity index (χ4n) is 2.01. The highest BCUT2D eigenvalue weighted by molar-refractivity contribution is 6.36. The first kappa shape index (κ1) is 17.3. The van der Waals surface area contributed by atoms with Crippen molar-refractivity contribution in [1.82, 2.24) is 5.43 Å². The lowest BCUT2D eigenvalue weighted by molar-refractivity contribution is -0.121. The number of aryl methyl sites for hydroxylation is 1. The predicted octanol–water partition coefficient (Wildman–Crippen LogP) is 4.17. The Morgan fingerprint density at radius 3 is 2.70 bits per heavy atom. The molecule has 4 nitrogen and oxygen atoms in total. The van der Waals surface area contributed by atoms with Crippen molar-refractivity contribution >= 4 is 35.3 Å². The molecule has 0 atom stereocenters. The third-order valence-corrected chi connectivity index (χ3v) is 3.67. The third kappa shape index (κ3) is 5.58. The van der Waals surface area contributed by atoms with E-state index in [1.165, 1.54) is 23.9 Å². The van der Waals surface area contributed by atoms with Gasteiger partial charge in [0, 0.05) is 17.0 Å². The van der Waals surface area contributed by atoms with E-state index in [9.17, 15) is 9.90 Å². The van der Waals surface area contributed by atoms with E-state index < -0.39 is 0 Å². The summed E-state index contributed by atoms with van der Waals surface area (Å²) in [6.07, 6.45) is 3.25. The van der Waals surface area contributed by atoms with Crippen LogP contribution in [0.5, 0.6) is 5.75 Å². The molecule has 0 heterocycles. The Morgan fingerprint density at radius 2 is 1.96 bits per heavy atom. The van der Waals surface area contributed by atoms with Gasteiger partial charge in [0.25, 0.3) is 0 Å². The van der Waals surface area contributed by atoms with Crippen LogP contribution in [0, 0.1) is 0 Å². The number of nitrogens with zero attached hydrogens (tertiary/aromatic N) is 1. The number of hydrazone groups is 1. The van der Waals surface area contributed by atoms with Crippen molar-refractivity contribution in [2.45, 2.75) is 19.3 Å². The fraction of sp³-hybridized carbons (Fsp3) is 0.176. The molecule has 0 aromatic heterocycles. The van der Waals surface area contributed by atoms with Crippen molar-refractivity contribution < 1.29 is 9.90 Å². The summed E-state index contributed by atoms with van der Waals surface area (Å²) in [5.74, 6) is -0.317. The van der Waals surface area contributed by atoms with Gasteiger partial charge < -0.3 is 5.11 Å². The molecule has 0 saturated carbocycles. The van der Waals surface area contributed by atoms with Crippen LogP contribution in [0.25, 0.3) is 0 Å². The molecular weight excluding hydrogens is 335 g/mol. The van der Waals surface area contributed by atoms with Gasteiger partial charge in [-0.2, -0.15) is 5.10 Å². The number of benzene rings is 2. The molecule has 0 fully saturated rings. The molecule has 6 heteroatoms. The van der Waals surface area contributed by atoms with Crippen molar-refractivity contribution in [1.29, 1.82) is 0 Å². The maximum Gasteiger partial charge on any atom is 0.240 e. The van der Waals surface area contributed by atoms with Gasteiger partial charge >= 0.3 is 0 Å². The monoisotopic (exact) mass is 350 g/mol. The van der Waals surface area contributed by atoms with Crippen LogP contribution in [0.2, 0.25) is 10.0 Å². The highest BCUT2D eigenvalue weighted by Gasteiger charge is 2.06. The number of hydrogen-bond donors (Lipinski definition) is 2. The number of phenols is 1. The van der Waals surface area contributed by atoms with E-state index in [1.807, 2.05) is 30.3 Å². The summed E-state index contributed by atoms with van der Waals surface area (Å²) in [5, 5.41) is 14.1. The lowest BCUT2D eigenvalue weighted by atomic mass is 10.1. The molecule has 0 aliphatic rings. The smallest absolute Gasteiger partial charge is 0.240 e. The maximum atomic E-state index is 11.7. The molecule has 23 heavy (non-hydrogen) atoms. The van der Waals surface area contributed by atoms with Crippen molar-refractivity contribution in [2.75, 3.05) is 0 Å². The largest absolute Gasteiger partial charge is 0.506 e. The molecule has 0 bridgehead atoms. The van der Waals surface area contributed by atoms with E-state index in [2.05, 4.69) is 10.5 Å². The Hall–Kier alpha value is -2.04. The first-order chi connectivity index (χ1) is 11.1. The van der Waals surface area contributed by atoms with E-state index in [4.69, 9.17) is 23.2 Å². The van der Waals surface area contributed by atoms with Gasteiger partial charge in [-0.05, 0) is 30.5 Å². The molecule has 0 spiro atoms. The van der Waals surface area contributed by atoms with Crippen LogP contribution in [0.3, 0.4) is 0 Å². The van der Waals surface area contributed by atoms with Crippen molar-refractivity contribution in [3.63, 3.8) is 0 Å².